The molecule has 1 fully saturated rings. The van der Waals surface area contributed by atoms with Gasteiger partial charge in [-0.05, 0) is 42.3 Å². The second-order valence-electron chi connectivity index (χ2n) is 9.07. The number of rotatable bonds is 6. The third-order valence-corrected chi connectivity index (χ3v) is 8.75. The van der Waals surface area contributed by atoms with Gasteiger partial charge >= 0.3 is 6.18 Å². The van der Waals surface area contributed by atoms with Gasteiger partial charge in [-0.3, -0.25) is 4.79 Å². The maximum atomic E-state index is 13.4. The van der Waals surface area contributed by atoms with Crippen molar-refractivity contribution in [2.75, 3.05) is 49.1 Å². The Morgan fingerprint density at radius 3 is 2.18 bits per heavy atom. The van der Waals surface area contributed by atoms with Crippen LogP contribution >= 0.6 is 0 Å². The van der Waals surface area contributed by atoms with E-state index in [9.17, 15) is 26.4 Å². The summed E-state index contributed by atoms with van der Waals surface area (Å²) in [6.07, 6.45) is -3.99. The number of halogens is 3. The second-order valence-corrected chi connectivity index (χ2v) is 11.0. The molecule has 38 heavy (non-hydrogen) atoms. The van der Waals surface area contributed by atoms with Crippen LogP contribution in [0.1, 0.15) is 11.1 Å². The number of sulfonamides is 1. The summed E-state index contributed by atoms with van der Waals surface area (Å²) in [5.41, 5.74) is 1.52. The number of carbonyl (C=O) groups excluding carboxylic acids is 1. The predicted molar refractivity (Wildman–Crippen MR) is 137 cm³/mol. The molecule has 0 spiro atoms. The van der Waals surface area contributed by atoms with Crippen LogP contribution in [0.3, 0.4) is 0 Å². The number of fused-ring (bicyclic) bond motifs is 1. The molecule has 1 amide bonds. The Hall–Kier alpha value is -3.57. The fraction of sp³-hybridized carbons (Fsp3) is 0.296. The molecule has 0 radical (unpaired) electrons. The van der Waals surface area contributed by atoms with Crippen LogP contribution in [-0.4, -0.2) is 58.0 Å². The number of nitrogens with zero attached hydrogens (tertiary/aromatic N) is 3. The summed E-state index contributed by atoms with van der Waals surface area (Å²) in [6.45, 7) is 0.951. The maximum Gasteiger partial charge on any atom is 0.417 e. The zero-order valence-electron chi connectivity index (χ0n) is 20.4. The molecular weight excluding hydrogens is 519 g/mol. The van der Waals surface area contributed by atoms with Crippen LogP contribution in [0.5, 0.6) is 5.75 Å². The maximum absolute atomic E-state index is 13.4. The van der Waals surface area contributed by atoms with Crippen LogP contribution in [0, 0.1) is 0 Å². The lowest BCUT2D eigenvalue weighted by atomic mass is 10.2. The normalized spacial score (nSPS) is 16.4. The number of para-hydroxylation sites is 3. The van der Waals surface area contributed by atoms with Crippen molar-refractivity contribution in [1.82, 2.24) is 4.31 Å². The molecule has 0 saturated carbocycles. The number of carbonyl (C=O) groups is 1. The van der Waals surface area contributed by atoms with Crippen molar-refractivity contribution in [3.63, 3.8) is 0 Å². The third-order valence-electron chi connectivity index (χ3n) is 6.79. The van der Waals surface area contributed by atoms with E-state index in [-0.39, 0.29) is 38.7 Å². The minimum Gasteiger partial charge on any atom is -0.482 e. The molecule has 0 aromatic heterocycles. The fourth-order valence-electron chi connectivity index (χ4n) is 4.89. The topological polar surface area (TPSA) is 70.2 Å². The zero-order valence-corrected chi connectivity index (χ0v) is 21.2. The molecule has 2 aliphatic heterocycles. The molecule has 0 aliphatic carbocycles. The van der Waals surface area contributed by atoms with E-state index in [1.54, 1.807) is 17.0 Å². The van der Waals surface area contributed by atoms with Gasteiger partial charge in [0.2, 0.25) is 10.0 Å². The van der Waals surface area contributed by atoms with Gasteiger partial charge in [0, 0.05) is 38.4 Å². The summed E-state index contributed by atoms with van der Waals surface area (Å²) in [7, 11) is -4.34. The molecule has 2 aliphatic rings. The van der Waals surface area contributed by atoms with Gasteiger partial charge in [0.25, 0.3) is 5.91 Å². The van der Waals surface area contributed by atoms with E-state index in [2.05, 4.69) is 0 Å². The van der Waals surface area contributed by atoms with E-state index >= 15 is 0 Å². The number of hydrogen-bond acceptors (Lipinski definition) is 5. The molecule has 11 heteroatoms. The fourth-order valence-corrected chi connectivity index (χ4v) is 6.52. The lowest BCUT2D eigenvalue weighted by Crippen LogP contribution is -2.49. The van der Waals surface area contributed by atoms with Gasteiger partial charge < -0.3 is 14.5 Å². The Morgan fingerprint density at radius 1 is 0.816 bits per heavy atom. The van der Waals surface area contributed by atoms with E-state index in [1.807, 2.05) is 41.3 Å². The molecule has 0 atom stereocenters. The van der Waals surface area contributed by atoms with Crippen LogP contribution in [0.4, 0.5) is 24.5 Å². The van der Waals surface area contributed by atoms with Crippen molar-refractivity contribution in [3.8, 4) is 5.75 Å². The first-order valence-electron chi connectivity index (χ1n) is 12.2. The van der Waals surface area contributed by atoms with Crippen molar-refractivity contribution < 1.29 is 31.1 Å². The molecular formula is C27H26F3N3O4S. The van der Waals surface area contributed by atoms with Crippen LogP contribution in [0.15, 0.2) is 77.7 Å². The first-order valence-corrected chi connectivity index (χ1v) is 13.6. The number of anilines is 2. The van der Waals surface area contributed by atoms with E-state index in [4.69, 9.17) is 4.74 Å². The highest BCUT2D eigenvalue weighted by Crippen LogP contribution is 2.36. The van der Waals surface area contributed by atoms with E-state index < -0.39 is 26.7 Å². The molecule has 200 valence electrons. The van der Waals surface area contributed by atoms with Crippen molar-refractivity contribution >= 4 is 27.3 Å². The summed E-state index contributed by atoms with van der Waals surface area (Å²) in [5.74, 6) is 0.316. The number of hydrogen-bond donors (Lipinski definition) is 0. The number of piperazine rings is 1. The highest BCUT2D eigenvalue weighted by molar-refractivity contribution is 7.89. The number of ether oxygens (including phenoxy) is 1. The largest absolute Gasteiger partial charge is 0.482 e. The van der Waals surface area contributed by atoms with Crippen molar-refractivity contribution in [1.29, 1.82) is 0 Å². The van der Waals surface area contributed by atoms with Gasteiger partial charge in [-0.15, -0.1) is 0 Å². The standard InChI is InChI=1S/C27H26F3N3O4S/c28-27(29,30)21-8-2-6-12-25(21)38(35,36)32-17-15-31(16-18-32)23-10-4-5-11-24(23)37-19-26(34)33-14-13-20-7-1-3-9-22(20)33/h1-12H,13-19H2. The minimum atomic E-state index is -4.78. The van der Waals surface area contributed by atoms with E-state index in [0.717, 1.165) is 34.1 Å². The molecule has 1 saturated heterocycles. The lowest BCUT2D eigenvalue weighted by Gasteiger charge is -2.36. The first-order chi connectivity index (χ1) is 18.2. The molecule has 0 unspecified atom stereocenters. The van der Waals surface area contributed by atoms with Gasteiger partial charge in [-0.25, -0.2) is 8.42 Å². The molecule has 3 aromatic carbocycles. The Kier molecular flexibility index (Phi) is 7.06. The van der Waals surface area contributed by atoms with E-state index in [1.165, 1.54) is 12.1 Å². The SMILES string of the molecule is O=C(COc1ccccc1N1CCN(S(=O)(=O)c2ccccc2C(F)(F)F)CC1)N1CCc2ccccc21. The van der Waals surface area contributed by atoms with Crippen LogP contribution < -0.4 is 14.5 Å². The highest BCUT2D eigenvalue weighted by Gasteiger charge is 2.39. The second kappa shape index (κ2) is 10.3. The van der Waals surface area contributed by atoms with E-state index in [0.29, 0.717) is 18.0 Å². The van der Waals surface area contributed by atoms with Crippen molar-refractivity contribution in [2.24, 2.45) is 0 Å². The van der Waals surface area contributed by atoms with Gasteiger partial charge in [0.1, 0.15) is 5.75 Å². The first kappa shape index (κ1) is 26.1. The summed E-state index contributed by atoms with van der Waals surface area (Å²) in [6, 6.07) is 19.1. The predicted octanol–water partition coefficient (Wildman–Crippen LogP) is 4.18. The Bertz CT molecular complexity index is 1440. The summed E-state index contributed by atoms with van der Waals surface area (Å²) >= 11 is 0. The summed E-state index contributed by atoms with van der Waals surface area (Å²) < 4.78 is 73.5. The highest BCUT2D eigenvalue weighted by atomic mass is 32.2. The molecule has 2 heterocycles. The summed E-state index contributed by atoms with van der Waals surface area (Å²) in [4.78, 5) is 15.8. The molecule has 0 bridgehead atoms. The van der Waals surface area contributed by atoms with Crippen LogP contribution in [0.2, 0.25) is 0 Å². The number of alkyl halides is 3. The zero-order chi connectivity index (χ0) is 26.9. The van der Waals surface area contributed by atoms with Gasteiger partial charge in [0.15, 0.2) is 6.61 Å². The van der Waals surface area contributed by atoms with Crippen molar-refractivity contribution in [3.05, 3.63) is 83.9 Å². The monoisotopic (exact) mass is 545 g/mol. The average molecular weight is 546 g/mol. The van der Waals surface area contributed by atoms with Crippen LogP contribution in [-0.2, 0) is 27.4 Å². The Morgan fingerprint density at radius 2 is 1.45 bits per heavy atom. The molecule has 5 rings (SSSR count). The van der Waals surface area contributed by atoms with Gasteiger partial charge in [-0.2, -0.15) is 17.5 Å². The minimum absolute atomic E-state index is 0.00630. The van der Waals surface area contributed by atoms with Crippen molar-refractivity contribution in [2.45, 2.75) is 17.5 Å². The summed E-state index contributed by atoms with van der Waals surface area (Å²) in [5, 5.41) is 0. The Balaban J connectivity index is 1.26. The van der Waals surface area contributed by atoms with Gasteiger partial charge in [0.05, 0.1) is 16.1 Å². The lowest BCUT2D eigenvalue weighted by molar-refractivity contribution is -0.140. The number of amides is 1. The molecule has 0 N–H and O–H groups in total. The molecule has 7 nitrogen and oxygen atoms in total. The average Bonchev–Trinajstić information content (AvgIpc) is 3.36. The van der Waals surface area contributed by atoms with Crippen LogP contribution in [0.25, 0.3) is 0 Å². The quantitative estimate of drug-likeness (QED) is 0.465. The third kappa shape index (κ3) is 5.08. The smallest absolute Gasteiger partial charge is 0.417 e. The number of benzene rings is 3. The Labute approximate surface area is 219 Å². The molecule has 3 aromatic rings. The van der Waals surface area contributed by atoms with Gasteiger partial charge in [-0.1, -0.05) is 42.5 Å².